The van der Waals surface area contributed by atoms with Gasteiger partial charge in [0.05, 0.1) is 11.7 Å². The van der Waals surface area contributed by atoms with Crippen molar-refractivity contribution in [1.29, 1.82) is 0 Å². The minimum Gasteiger partial charge on any atom is -0.365 e. The van der Waals surface area contributed by atoms with Crippen molar-refractivity contribution in [2.45, 2.75) is 89.4 Å². The van der Waals surface area contributed by atoms with Gasteiger partial charge < -0.3 is 4.74 Å². The number of ether oxygens (including phenoxy) is 1. The smallest absolute Gasteiger partial charge is 0.0935 e. The van der Waals surface area contributed by atoms with Crippen LogP contribution in [0.1, 0.15) is 77.2 Å². The molecule has 2 saturated carbocycles. The van der Waals surface area contributed by atoms with Crippen LogP contribution < -0.4 is 0 Å². The predicted octanol–water partition coefficient (Wildman–Crippen LogP) is 5.52. The fourth-order valence-corrected chi connectivity index (χ4v) is 4.95. The molecule has 2 fully saturated rings. The fourth-order valence-electron chi connectivity index (χ4n) is 4.95. The Balaban J connectivity index is 1.83. The van der Waals surface area contributed by atoms with Gasteiger partial charge in [-0.15, -0.1) is 0 Å². The first kappa shape index (κ1) is 17.9. The summed E-state index contributed by atoms with van der Waals surface area (Å²) >= 11 is 0. The number of benzene rings is 1. The van der Waals surface area contributed by atoms with E-state index in [2.05, 4.69) is 49.1 Å². The molecule has 0 aliphatic heterocycles. The lowest BCUT2D eigenvalue weighted by Gasteiger charge is -2.46. The van der Waals surface area contributed by atoms with Gasteiger partial charge in [0.15, 0.2) is 0 Å². The van der Waals surface area contributed by atoms with Gasteiger partial charge in [0.2, 0.25) is 0 Å². The number of rotatable bonds is 6. The predicted molar refractivity (Wildman–Crippen MR) is 101 cm³/mol. The monoisotopic (exact) mass is 329 g/mol. The Kier molecular flexibility index (Phi) is 6.35. The molecule has 0 bridgehead atoms. The Morgan fingerprint density at radius 1 is 0.917 bits per heavy atom. The van der Waals surface area contributed by atoms with Gasteiger partial charge in [0, 0.05) is 6.04 Å². The van der Waals surface area contributed by atoms with E-state index in [4.69, 9.17) is 4.74 Å². The van der Waals surface area contributed by atoms with E-state index >= 15 is 0 Å². The van der Waals surface area contributed by atoms with E-state index in [1.807, 2.05) is 0 Å². The summed E-state index contributed by atoms with van der Waals surface area (Å²) in [6, 6.07) is 11.7. The lowest BCUT2D eigenvalue weighted by molar-refractivity contribution is -0.153. The second kappa shape index (κ2) is 8.49. The lowest BCUT2D eigenvalue weighted by atomic mass is 9.78. The van der Waals surface area contributed by atoms with Crippen LogP contribution in [0, 0.1) is 0 Å². The highest BCUT2D eigenvalue weighted by Gasteiger charge is 2.40. The Morgan fingerprint density at radius 2 is 1.58 bits per heavy atom. The molecule has 2 aliphatic carbocycles. The zero-order valence-electron chi connectivity index (χ0n) is 15.7. The summed E-state index contributed by atoms with van der Waals surface area (Å²) in [6.07, 6.45) is 12.0. The van der Waals surface area contributed by atoms with Crippen molar-refractivity contribution >= 4 is 0 Å². The van der Waals surface area contributed by atoms with Gasteiger partial charge in [0.1, 0.15) is 0 Å². The molecule has 0 radical (unpaired) electrons. The van der Waals surface area contributed by atoms with Gasteiger partial charge >= 0.3 is 0 Å². The molecule has 2 nitrogen and oxygen atoms in total. The Labute approximate surface area is 148 Å². The maximum Gasteiger partial charge on any atom is 0.0935 e. The summed E-state index contributed by atoms with van der Waals surface area (Å²) in [5.41, 5.74) is 1.38. The summed E-state index contributed by atoms with van der Waals surface area (Å²) in [4.78, 5) is 2.63. The van der Waals surface area contributed by atoms with Crippen molar-refractivity contribution in [2.75, 3.05) is 13.1 Å². The Bertz CT molecular complexity index is 476. The first-order valence-electron chi connectivity index (χ1n) is 10.3. The second-order valence-electron chi connectivity index (χ2n) is 7.65. The number of hydrogen-bond donors (Lipinski definition) is 0. The van der Waals surface area contributed by atoms with Gasteiger partial charge in [-0.05, 0) is 44.3 Å². The van der Waals surface area contributed by atoms with Crippen LogP contribution >= 0.6 is 0 Å². The Hall–Kier alpha value is -0.860. The highest BCUT2D eigenvalue weighted by molar-refractivity contribution is 5.23. The number of likely N-dealkylation sites (N-methyl/N-ethyl adjacent to an activating group) is 1. The molecule has 0 heterocycles. The van der Waals surface area contributed by atoms with E-state index in [0.29, 0.717) is 12.1 Å². The molecule has 1 aromatic rings. The van der Waals surface area contributed by atoms with Crippen LogP contribution in [0.15, 0.2) is 30.3 Å². The molecule has 2 heteroatoms. The second-order valence-corrected chi connectivity index (χ2v) is 7.65. The highest BCUT2D eigenvalue weighted by atomic mass is 16.5. The first-order valence-corrected chi connectivity index (χ1v) is 10.3. The van der Waals surface area contributed by atoms with Crippen LogP contribution in [0.4, 0.5) is 0 Å². The fraction of sp³-hybridized carbons (Fsp3) is 0.727. The van der Waals surface area contributed by atoms with Gasteiger partial charge in [-0.1, -0.05) is 76.3 Å². The van der Waals surface area contributed by atoms with E-state index in [1.165, 1.54) is 63.4 Å². The van der Waals surface area contributed by atoms with Gasteiger partial charge in [-0.2, -0.15) is 0 Å². The number of nitrogens with zero attached hydrogens (tertiary/aromatic N) is 1. The zero-order valence-corrected chi connectivity index (χ0v) is 15.7. The molecule has 0 saturated heterocycles. The third-order valence-electron chi connectivity index (χ3n) is 6.29. The third-order valence-corrected chi connectivity index (χ3v) is 6.29. The molecule has 2 aliphatic rings. The highest BCUT2D eigenvalue weighted by Crippen LogP contribution is 2.43. The van der Waals surface area contributed by atoms with Crippen LogP contribution in [0.2, 0.25) is 0 Å². The van der Waals surface area contributed by atoms with Crippen LogP contribution in [0.3, 0.4) is 0 Å². The normalized spacial score (nSPS) is 27.3. The van der Waals surface area contributed by atoms with E-state index in [-0.39, 0.29) is 5.60 Å². The van der Waals surface area contributed by atoms with Crippen LogP contribution in [-0.4, -0.2) is 30.1 Å². The van der Waals surface area contributed by atoms with E-state index in [1.54, 1.807) is 0 Å². The number of hydrogen-bond acceptors (Lipinski definition) is 2. The summed E-state index contributed by atoms with van der Waals surface area (Å²) in [7, 11) is 0. The zero-order chi connectivity index (χ0) is 16.8. The molecule has 1 aromatic carbocycles. The first-order chi connectivity index (χ1) is 11.8. The molecule has 2 atom stereocenters. The summed E-state index contributed by atoms with van der Waals surface area (Å²) in [6.45, 7) is 6.87. The molecule has 0 aromatic heterocycles. The van der Waals surface area contributed by atoms with Crippen LogP contribution in [0.5, 0.6) is 0 Å². The molecular weight excluding hydrogens is 294 g/mol. The quantitative estimate of drug-likeness (QED) is 0.682. The minimum atomic E-state index is -0.0348. The largest absolute Gasteiger partial charge is 0.365 e. The molecular formula is C22H35NO. The molecule has 0 N–H and O–H groups in total. The van der Waals surface area contributed by atoms with E-state index < -0.39 is 0 Å². The third kappa shape index (κ3) is 3.86. The SMILES string of the molecule is CCN(CC)C1CCCCC1OC1(c2ccccc2)CCCCC1. The van der Waals surface area contributed by atoms with Crippen molar-refractivity contribution in [3.8, 4) is 0 Å². The van der Waals surface area contributed by atoms with E-state index in [0.717, 1.165) is 13.1 Å². The maximum atomic E-state index is 7.06. The standard InChI is InChI=1S/C22H35NO/c1-3-23(4-2)20-15-9-10-16-21(20)24-22(17-11-6-12-18-22)19-13-7-5-8-14-19/h5,7-8,13-14,20-21H,3-4,6,9-12,15-18H2,1-2H3. The molecule has 3 rings (SSSR count). The van der Waals surface area contributed by atoms with Crippen molar-refractivity contribution in [1.82, 2.24) is 4.90 Å². The van der Waals surface area contributed by atoms with Crippen LogP contribution in [-0.2, 0) is 10.3 Å². The average Bonchev–Trinajstić information content (AvgIpc) is 2.65. The summed E-state index contributed by atoms with van der Waals surface area (Å²) in [5.74, 6) is 0. The minimum absolute atomic E-state index is 0.0348. The maximum absolute atomic E-state index is 7.06. The average molecular weight is 330 g/mol. The molecule has 134 valence electrons. The van der Waals surface area contributed by atoms with Crippen molar-refractivity contribution in [2.24, 2.45) is 0 Å². The Morgan fingerprint density at radius 3 is 2.25 bits per heavy atom. The van der Waals surface area contributed by atoms with Gasteiger partial charge in [0.25, 0.3) is 0 Å². The molecule has 0 amide bonds. The van der Waals surface area contributed by atoms with Crippen molar-refractivity contribution in [3.05, 3.63) is 35.9 Å². The van der Waals surface area contributed by atoms with Crippen molar-refractivity contribution < 1.29 is 4.74 Å². The summed E-state index contributed by atoms with van der Waals surface area (Å²) in [5, 5.41) is 0. The summed E-state index contributed by atoms with van der Waals surface area (Å²) < 4.78 is 7.06. The van der Waals surface area contributed by atoms with Gasteiger partial charge in [-0.3, -0.25) is 4.90 Å². The van der Waals surface area contributed by atoms with Crippen LogP contribution in [0.25, 0.3) is 0 Å². The molecule has 24 heavy (non-hydrogen) atoms. The molecule has 2 unspecified atom stereocenters. The molecule has 0 spiro atoms. The van der Waals surface area contributed by atoms with E-state index in [9.17, 15) is 0 Å². The topological polar surface area (TPSA) is 12.5 Å². The van der Waals surface area contributed by atoms with Gasteiger partial charge in [-0.25, -0.2) is 0 Å². The lowest BCUT2D eigenvalue weighted by Crippen LogP contribution is -2.50. The van der Waals surface area contributed by atoms with Crippen molar-refractivity contribution in [3.63, 3.8) is 0 Å².